The zero-order valence-electron chi connectivity index (χ0n) is 12.3. The summed E-state index contributed by atoms with van der Waals surface area (Å²) in [5.74, 6) is 0.559. The molecule has 0 amide bonds. The van der Waals surface area contributed by atoms with Crippen molar-refractivity contribution in [2.45, 2.75) is 26.8 Å². The summed E-state index contributed by atoms with van der Waals surface area (Å²) in [5, 5.41) is 20.4. The molecule has 1 aromatic heterocycles. The van der Waals surface area contributed by atoms with E-state index in [1.165, 1.54) is 11.3 Å². The molecule has 0 unspecified atom stereocenters. The lowest BCUT2D eigenvalue weighted by Crippen LogP contribution is -1.99. The summed E-state index contributed by atoms with van der Waals surface area (Å²) in [6, 6.07) is 12.8. The Labute approximate surface area is 124 Å². The zero-order valence-corrected chi connectivity index (χ0v) is 12.3. The molecule has 21 heavy (non-hydrogen) atoms. The molecular weight excluding hydrogens is 262 g/mol. The summed E-state index contributed by atoms with van der Waals surface area (Å²) in [5.41, 5.74) is 4.59. The summed E-state index contributed by atoms with van der Waals surface area (Å²) in [6.07, 6.45) is 0.916. The molecule has 3 aromatic rings. The number of aromatic nitrogens is 1. The SMILES string of the molecule is CCc1c(-c2ccc(O)cc2)c2ccc(O)cc2n1CC. The second-order valence-electron chi connectivity index (χ2n) is 5.17. The van der Waals surface area contributed by atoms with Crippen molar-refractivity contribution < 1.29 is 10.2 Å². The molecule has 0 fully saturated rings. The highest BCUT2D eigenvalue weighted by atomic mass is 16.3. The van der Waals surface area contributed by atoms with Crippen LogP contribution in [-0.2, 0) is 13.0 Å². The Bertz CT molecular complexity index is 785. The van der Waals surface area contributed by atoms with Gasteiger partial charge in [-0.15, -0.1) is 0 Å². The number of fused-ring (bicyclic) bond motifs is 1. The number of aryl methyl sites for hydroxylation is 1. The molecule has 3 heteroatoms. The van der Waals surface area contributed by atoms with Crippen LogP contribution in [0.4, 0.5) is 0 Å². The van der Waals surface area contributed by atoms with Crippen molar-refractivity contribution in [2.75, 3.05) is 0 Å². The molecule has 0 saturated heterocycles. The fourth-order valence-corrected chi connectivity index (χ4v) is 3.07. The van der Waals surface area contributed by atoms with E-state index in [2.05, 4.69) is 18.4 Å². The molecule has 108 valence electrons. The summed E-state index contributed by atoms with van der Waals surface area (Å²) in [4.78, 5) is 0. The van der Waals surface area contributed by atoms with Crippen LogP contribution in [0.1, 0.15) is 19.5 Å². The Balaban J connectivity index is 2.37. The van der Waals surface area contributed by atoms with E-state index in [1.54, 1.807) is 18.2 Å². The molecule has 0 aliphatic heterocycles. The Morgan fingerprint density at radius 1 is 0.905 bits per heavy atom. The predicted molar refractivity (Wildman–Crippen MR) is 85.8 cm³/mol. The highest BCUT2D eigenvalue weighted by Crippen LogP contribution is 2.37. The maximum absolute atomic E-state index is 9.78. The molecule has 2 aromatic carbocycles. The maximum atomic E-state index is 9.78. The average Bonchev–Trinajstić information content (AvgIpc) is 2.80. The van der Waals surface area contributed by atoms with E-state index in [0.29, 0.717) is 0 Å². The zero-order chi connectivity index (χ0) is 15.0. The van der Waals surface area contributed by atoms with E-state index in [1.807, 2.05) is 24.3 Å². The number of rotatable bonds is 3. The molecule has 3 rings (SSSR count). The van der Waals surface area contributed by atoms with Gasteiger partial charge in [-0.2, -0.15) is 0 Å². The first kappa shape index (κ1) is 13.6. The molecule has 0 saturated carbocycles. The molecule has 3 nitrogen and oxygen atoms in total. The highest BCUT2D eigenvalue weighted by Gasteiger charge is 2.16. The van der Waals surface area contributed by atoms with Crippen LogP contribution in [-0.4, -0.2) is 14.8 Å². The van der Waals surface area contributed by atoms with E-state index in [9.17, 15) is 10.2 Å². The van der Waals surface area contributed by atoms with Gasteiger partial charge in [0.2, 0.25) is 0 Å². The first-order valence-corrected chi connectivity index (χ1v) is 7.29. The van der Waals surface area contributed by atoms with Crippen LogP contribution in [0.2, 0.25) is 0 Å². The molecule has 0 atom stereocenters. The van der Waals surface area contributed by atoms with Crippen LogP contribution < -0.4 is 0 Å². The minimum absolute atomic E-state index is 0.272. The van der Waals surface area contributed by atoms with Crippen molar-refractivity contribution in [1.29, 1.82) is 0 Å². The van der Waals surface area contributed by atoms with Gasteiger partial charge in [0.15, 0.2) is 0 Å². The van der Waals surface area contributed by atoms with E-state index < -0.39 is 0 Å². The van der Waals surface area contributed by atoms with E-state index in [4.69, 9.17) is 0 Å². The fraction of sp³-hybridized carbons (Fsp3) is 0.222. The third-order valence-corrected chi connectivity index (χ3v) is 3.96. The molecule has 0 spiro atoms. The summed E-state index contributed by atoms with van der Waals surface area (Å²) >= 11 is 0. The number of aromatic hydroxyl groups is 2. The number of nitrogens with zero attached hydrogens (tertiary/aromatic N) is 1. The average molecular weight is 281 g/mol. The Morgan fingerprint density at radius 2 is 1.57 bits per heavy atom. The Kier molecular flexibility index (Phi) is 3.34. The predicted octanol–water partition coefficient (Wildman–Crippen LogP) is 4.30. The van der Waals surface area contributed by atoms with E-state index in [-0.39, 0.29) is 11.5 Å². The second-order valence-corrected chi connectivity index (χ2v) is 5.17. The lowest BCUT2D eigenvalue weighted by atomic mass is 10.0. The summed E-state index contributed by atoms with van der Waals surface area (Å²) < 4.78 is 2.25. The van der Waals surface area contributed by atoms with Crippen LogP contribution in [0.15, 0.2) is 42.5 Å². The lowest BCUT2D eigenvalue weighted by Gasteiger charge is -2.08. The number of hydrogen-bond donors (Lipinski definition) is 2. The first-order valence-electron chi connectivity index (χ1n) is 7.29. The normalized spacial score (nSPS) is 11.1. The number of benzene rings is 2. The summed E-state index contributed by atoms with van der Waals surface area (Å²) in [7, 11) is 0. The van der Waals surface area contributed by atoms with E-state index in [0.717, 1.165) is 29.4 Å². The van der Waals surface area contributed by atoms with E-state index >= 15 is 0 Å². The van der Waals surface area contributed by atoms with Gasteiger partial charge in [0.05, 0.1) is 5.52 Å². The van der Waals surface area contributed by atoms with Crippen molar-refractivity contribution in [3.05, 3.63) is 48.2 Å². The highest BCUT2D eigenvalue weighted by molar-refractivity contribution is 5.98. The topological polar surface area (TPSA) is 45.4 Å². The molecule has 0 radical (unpaired) electrons. The van der Waals surface area contributed by atoms with Crippen molar-refractivity contribution in [1.82, 2.24) is 4.57 Å². The third-order valence-electron chi connectivity index (χ3n) is 3.96. The summed E-state index contributed by atoms with van der Waals surface area (Å²) in [6.45, 7) is 5.12. The van der Waals surface area contributed by atoms with Gasteiger partial charge >= 0.3 is 0 Å². The molecular formula is C18H19NO2. The monoisotopic (exact) mass is 281 g/mol. The van der Waals surface area contributed by atoms with Gasteiger partial charge in [0.1, 0.15) is 11.5 Å². The van der Waals surface area contributed by atoms with Gasteiger partial charge in [-0.05, 0) is 43.2 Å². The van der Waals surface area contributed by atoms with Crippen molar-refractivity contribution in [3.63, 3.8) is 0 Å². The number of phenols is 2. The van der Waals surface area contributed by atoms with Crippen LogP contribution in [0.5, 0.6) is 11.5 Å². The molecule has 0 bridgehead atoms. The van der Waals surface area contributed by atoms with Gasteiger partial charge in [0, 0.05) is 29.3 Å². The van der Waals surface area contributed by atoms with Crippen LogP contribution in [0.25, 0.3) is 22.0 Å². The number of phenolic OH excluding ortho intramolecular Hbond substituents is 2. The third kappa shape index (κ3) is 2.15. The molecule has 0 aliphatic carbocycles. The maximum Gasteiger partial charge on any atom is 0.117 e. The molecule has 2 N–H and O–H groups in total. The van der Waals surface area contributed by atoms with Crippen LogP contribution in [0.3, 0.4) is 0 Å². The first-order chi connectivity index (χ1) is 10.2. The van der Waals surface area contributed by atoms with Gasteiger partial charge in [-0.1, -0.05) is 19.1 Å². The lowest BCUT2D eigenvalue weighted by molar-refractivity contribution is 0.475. The second kappa shape index (κ2) is 5.17. The Morgan fingerprint density at radius 3 is 2.19 bits per heavy atom. The van der Waals surface area contributed by atoms with Crippen molar-refractivity contribution in [2.24, 2.45) is 0 Å². The Hall–Kier alpha value is -2.42. The largest absolute Gasteiger partial charge is 0.508 e. The van der Waals surface area contributed by atoms with Gasteiger partial charge in [0.25, 0.3) is 0 Å². The minimum atomic E-state index is 0.272. The quantitative estimate of drug-likeness (QED) is 0.751. The van der Waals surface area contributed by atoms with Crippen molar-refractivity contribution >= 4 is 10.9 Å². The van der Waals surface area contributed by atoms with Crippen LogP contribution in [0, 0.1) is 0 Å². The fourth-order valence-electron chi connectivity index (χ4n) is 3.07. The molecule has 0 aliphatic rings. The van der Waals surface area contributed by atoms with Gasteiger partial charge in [-0.25, -0.2) is 0 Å². The standard InChI is InChI=1S/C18H19NO2/c1-3-16-18(12-5-7-13(20)8-6-12)15-10-9-14(21)11-17(15)19(16)4-2/h5-11,20-21H,3-4H2,1-2H3. The van der Waals surface area contributed by atoms with Gasteiger partial charge in [-0.3, -0.25) is 0 Å². The van der Waals surface area contributed by atoms with Crippen LogP contribution >= 0.6 is 0 Å². The van der Waals surface area contributed by atoms with Gasteiger partial charge < -0.3 is 14.8 Å². The number of hydrogen-bond acceptors (Lipinski definition) is 2. The molecule has 1 heterocycles. The smallest absolute Gasteiger partial charge is 0.117 e. The minimum Gasteiger partial charge on any atom is -0.508 e. The van der Waals surface area contributed by atoms with Crippen molar-refractivity contribution in [3.8, 4) is 22.6 Å².